The number of amides is 1. The van der Waals surface area contributed by atoms with Crippen LogP contribution in [0.25, 0.3) is 0 Å². The molecule has 0 atom stereocenters. The quantitative estimate of drug-likeness (QED) is 0.678. The van der Waals surface area contributed by atoms with Gasteiger partial charge in [-0.1, -0.05) is 36.4 Å². The Kier molecular flexibility index (Phi) is 7.68. The van der Waals surface area contributed by atoms with E-state index in [9.17, 15) is 4.79 Å². The van der Waals surface area contributed by atoms with Gasteiger partial charge in [-0.05, 0) is 43.0 Å². The van der Waals surface area contributed by atoms with Crippen molar-refractivity contribution in [3.63, 3.8) is 0 Å². The van der Waals surface area contributed by atoms with E-state index in [1.807, 2.05) is 48.5 Å². The number of benzene rings is 2. The zero-order chi connectivity index (χ0) is 17.0. The van der Waals surface area contributed by atoms with Gasteiger partial charge in [-0.25, -0.2) is 0 Å². The predicted molar refractivity (Wildman–Crippen MR) is 95.5 cm³/mol. The zero-order valence-electron chi connectivity index (χ0n) is 14.2. The summed E-state index contributed by atoms with van der Waals surface area (Å²) in [6, 6.07) is 17.6. The van der Waals surface area contributed by atoms with E-state index < -0.39 is 0 Å². The first-order chi connectivity index (χ1) is 11.8. The zero-order valence-corrected chi connectivity index (χ0v) is 14.2. The number of nitrogens with one attached hydrogen (secondary N) is 1. The molecule has 0 aliphatic carbocycles. The van der Waals surface area contributed by atoms with Crippen molar-refractivity contribution in [3.05, 3.63) is 60.2 Å². The second kappa shape index (κ2) is 10.3. The molecule has 24 heavy (non-hydrogen) atoms. The van der Waals surface area contributed by atoms with E-state index in [-0.39, 0.29) is 5.91 Å². The Hall–Kier alpha value is -2.49. The number of hydrogen-bond donors (Lipinski definition) is 1. The molecule has 4 nitrogen and oxygen atoms in total. The number of carbonyl (C=O) groups is 1. The SMILES string of the molecule is COc1ccccc1CCCNC(=O)CCCOc1ccccc1. The van der Waals surface area contributed by atoms with Gasteiger partial charge in [0.1, 0.15) is 11.5 Å². The van der Waals surface area contributed by atoms with Crippen molar-refractivity contribution in [2.24, 2.45) is 0 Å². The monoisotopic (exact) mass is 327 g/mol. The van der Waals surface area contributed by atoms with Crippen LogP contribution in [-0.2, 0) is 11.2 Å². The van der Waals surface area contributed by atoms with E-state index in [1.54, 1.807) is 7.11 Å². The molecule has 0 fully saturated rings. The van der Waals surface area contributed by atoms with Crippen molar-refractivity contribution in [2.45, 2.75) is 25.7 Å². The molecule has 0 heterocycles. The van der Waals surface area contributed by atoms with Gasteiger partial charge >= 0.3 is 0 Å². The summed E-state index contributed by atoms with van der Waals surface area (Å²) in [5.74, 6) is 1.82. The third-order valence-electron chi connectivity index (χ3n) is 3.70. The Morgan fingerprint density at radius 1 is 1.00 bits per heavy atom. The van der Waals surface area contributed by atoms with Crippen LogP contribution < -0.4 is 14.8 Å². The fourth-order valence-corrected chi connectivity index (χ4v) is 2.44. The molecule has 0 spiro atoms. The molecular weight excluding hydrogens is 302 g/mol. The topological polar surface area (TPSA) is 47.6 Å². The largest absolute Gasteiger partial charge is 0.496 e. The molecule has 0 aliphatic rings. The second-order valence-corrected chi connectivity index (χ2v) is 5.53. The average Bonchev–Trinajstić information content (AvgIpc) is 2.63. The molecule has 0 bridgehead atoms. The van der Waals surface area contributed by atoms with E-state index in [2.05, 4.69) is 11.4 Å². The van der Waals surface area contributed by atoms with Crippen LogP contribution in [0.1, 0.15) is 24.8 Å². The third-order valence-corrected chi connectivity index (χ3v) is 3.70. The normalized spacial score (nSPS) is 10.2. The lowest BCUT2D eigenvalue weighted by Gasteiger charge is -2.09. The molecule has 4 heteroatoms. The lowest BCUT2D eigenvalue weighted by molar-refractivity contribution is -0.121. The van der Waals surface area contributed by atoms with E-state index in [0.29, 0.717) is 26.0 Å². The number of rotatable bonds is 10. The summed E-state index contributed by atoms with van der Waals surface area (Å²) in [7, 11) is 1.68. The summed E-state index contributed by atoms with van der Waals surface area (Å²) in [5.41, 5.74) is 1.17. The number of ether oxygens (including phenoxy) is 2. The maximum atomic E-state index is 11.8. The molecule has 0 aliphatic heterocycles. The molecule has 128 valence electrons. The molecule has 2 rings (SSSR count). The van der Waals surface area contributed by atoms with Crippen molar-refractivity contribution in [2.75, 3.05) is 20.3 Å². The molecule has 0 aromatic heterocycles. The van der Waals surface area contributed by atoms with Crippen molar-refractivity contribution >= 4 is 5.91 Å². The number of para-hydroxylation sites is 2. The van der Waals surface area contributed by atoms with Gasteiger partial charge in [0.15, 0.2) is 0 Å². The van der Waals surface area contributed by atoms with Crippen LogP contribution in [0, 0.1) is 0 Å². The smallest absolute Gasteiger partial charge is 0.220 e. The molecule has 0 saturated heterocycles. The van der Waals surface area contributed by atoms with Gasteiger partial charge in [-0.3, -0.25) is 4.79 Å². The first kappa shape index (κ1) is 17.9. The highest BCUT2D eigenvalue weighted by Gasteiger charge is 2.03. The van der Waals surface area contributed by atoms with Crippen molar-refractivity contribution in [1.82, 2.24) is 5.32 Å². The van der Waals surface area contributed by atoms with Crippen LogP contribution in [0.3, 0.4) is 0 Å². The highest BCUT2D eigenvalue weighted by Crippen LogP contribution is 2.18. The summed E-state index contributed by atoms with van der Waals surface area (Å²) < 4.78 is 10.9. The van der Waals surface area contributed by atoms with E-state index in [0.717, 1.165) is 24.3 Å². The summed E-state index contributed by atoms with van der Waals surface area (Å²) in [5, 5.41) is 2.95. The number of hydrogen-bond acceptors (Lipinski definition) is 3. The average molecular weight is 327 g/mol. The van der Waals surface area contributed by atoms with Crippen molar-refractivity contribution in [1.29, 1.82) is 0 Å². The van der Waals surface area contributed by atoms with Gasteiger partial charge in [-0.15, -0.1) is 0 Å². The van der Waals surface area contributed by atoms with Crippen molar-refractivity contribution in [3.8, 4) is 11.5 Å². The molecule has 0 saturated carbocycles. The second-order valence-electron chi connectivity index (χ2n) is 5.53. The fourth-order valence-electron chi connectivity index (χ4n) is 2.44. The van der Waals surface area contributed by atoms with Crippen LogP contribution in [-0.4, -0.2) is 26.2 Å². The number of carbonyl (C=O) groups excluding carboxylic acids is 1. The summed E-state index contributed by atoms with van der Waals surface area (Å²) >= 11 is 0. The lowest BCUT2D eigenvalue weighted by atomic mass is 10.1. The molecule has 1 amide bonds. The maximum Gasteiger partial charge on any atom is 0.220 e. The van der Waals surface area contributed by atoms with Crippen LogP contribution in [0.15, 0.2) is 54.6 Å². The lowest BCUT2D eigenvalue weighted by Crippen LogP contribution is -2.24. The van der Waals surface area contributed by atoms with Crippen LogP contribution >= 0.6 is 0 Å². The fraction of sp³-hybridized carbons (Fsp3) is 0.350. The highest BCUT2D eigenvalue weighted by molar-refractivity contribution is 5.75. The van der Waals surface area contributed by atoms with E-state index in [1.165, 1.54) is 5.56 Å². The van der Waals surface area contributed by atoms with E-state index in [4.69, 9.17) is 9.47 Å². The highest BCUT2D eigenvalue weighted by atomic mass is 16.5. The minimum atomic E-state index is 0.0756. The molecular formula is C20H25NO3. The predicted octanol–water partition coefficient (Wildman–Crippen LogP) is 3.60. The molecule has 1 N–H and O–H groups in total. The third kappa shape index (κ3) is 6.32. The maximum absolute atomic E-state index is 11.8. The van der Waals surface area contributed by atoms with Crippen LogP contribution in [0.4, 0.5) is 0 Å². The van der Waals surface area contributed by atoms with Gasteiger partial charge in [0.05, 0.1) is 13.7 Å². The van der Waals surface area contributed by atoms with Crippen LogP contribution in [0.2, 0.25) is 0 Å². The Bertz CT molecular complexity index is 613. The van der Waals surface area contributed by atoms with Gasteiger partial charge in [0.2, 0.25) is 5.91 Å². The number of aryl methyl sites for hydroxylation is 1. The first-order valence-corrected chi connectivity index (χ1v) is 8.36. The van der Waals surface area contributed by atoms with Gasteiger partial charge in [0.25, 0.3) is 0 Å². The Labute approximate surface area is 143 Å². The Balaban J connectivity index is 1.55. The van der Waals surface area contributed by atoms with E-state index >= 15 is 0 Å². The van der Waals surface area contributed by atoms with Gasteiger partial charge in [-0.2, -0.15) is 0 Å². The molecule has 0 unspecified atom stereocenters. The minimum absolute atomic E-state index is 0.0756. The van der Waals surface area contributed by atoms with Gasteiger partial charge < -0.3 is 14.8 Å². The summed E-state index contributed by atoms with van der Waals surface area (Å²) in [6.07, 6.45) is 2.99. The standard InChI is InChI=1S/C20H25NO3/c1-23-19-13-6-5-9-17(19)10-7-15-21-20(22)14-8-16-24-18-11-3-2-4-12-18/h2-6,9,11-13H,7-8,10,14-16H2,1H3,(H,21,22). The first-order valence-electron chi connectivity index (χ1n) is 8.36. The number of methoxy groups -OCH3 is 1. The molecule has 2 aromatic carbocycles. The minimum Gasteiger partial charge on any atom is -0.496 e. The molecule has 2 aromatic rings. The van der Waals surface area contributed by atoms with Crippen LogP contribution in [0.5, 0.6) is 11.5 Å². The van der Waals surface area contributed by atoms with Crippen molar-refractivity contribution < 1.29 is 14.3 Å². The summed E-state index contributed by atoms with van der Waals surface area (Å²) in [4.78, 5) is 11.8. The Morgan fingerprint density at radius 2 is 1.75 bits per heavy atom. The summed E-state index contributed by atoms with van der Waals surface area (Å²) in [6.45, 7) is 1.23. The Morgan fingerprint density at radius 3 is 2.54 bits per heavy atom. The van der Waals surface area contributed by atoms with Gasteiger partial charge in [0, 0.05) is 13.0 Å². The molecule has 0 radical (unpaired) electrons.